The van der Waals surface area contributed by atoms with Gasteiger partial charge in [0.2, 0.25) is 6.04 Å². The molecule has 0 saturated heterocycles. The van der Waals surface area contributed by atoms with Crippen LogP contribution in [0.2, 0.25) is 0 Å². The number of aliphatic hydroxyl groups excluding tert-OH is 1. The summed E-state index contributed by atoms with van der Waals surface area (Å²) in [5.74, 6) is -0.513. The van der Waals surface area contributed by atoms with E-state index in [2.05, 4.69) is 0 Å². The summed E-state index contributed by atoms with van der Waals surface area (Å²) >= 11 is 0. The van der Waals surface area contributed by atoms with Crippen molar-refractivity contribution in [2.24, 2.45) is 7.05 Å². The minimum absolute atomic E-state index is 0.121. The van der Waals surface area contributed by atoms with Crippen molar-refractivity contribution in [2.75, 3.05) is 0 Å². The fourth-order valence-electron chi connectivity index (χ4n) is 4.07. The summed E-state index contributed by atoms with van der Waals surface area (Å²) in [7, 11) is 1.74. The van der Waals surface area contributed by atoms with E-state index in [1.54, 1.807) is 23.9 Å². The first-order valence-corrected chi connectivity index (χ1v) is 8.73. The van der Waals surface area contributed by atoms with Gasteiger partial charge in [-0.15, -0.1) is 0 Å². The molecule has 4 rings (SSSR count). The van der Waals surface area contributed by atoms with E-state index in [9.17, 15) is 20.0 Å². The van der Waals surface area contributed by atoms with E-state index < -0.39 is 28.5 Å². The SMILES string of the molecule is Cn1c2c(c(=O)n1-c1ccccc1)C(O)C([N+](=O)[O-])C(c1ccccc1)C2. The van der Waals surface area contributed by atoms with E-state index in [0.717, 1.165) is 5.56 Å². The normalized spacial score (nSPS) is 21.6. The summed E-state index contributed by atoms with van der Waals surface area (Å²) in [5, 5.41) is 22.6. The standard InChI is InChI=1S/C20H19N3O4/c1-21-16-12-15(13-8-4-2-5-9-13)18(23(26)27)19(24)17(16)20(25)22(21)14-10-6-3-7-11-14/h2-11,15,18-19,24H,12H2,1H3. The summed E-state index contributed by atoms with van der Waals surface area (Å²) < 4.78 is 3.15. The van der Waals surface area contributed by atoms with Crippen molar-refractivity contribution in [2.45, 2.75) is 24.5 Å². The Bertz CT molecular complexity index is 1040. The zero-order valence-electron chi connectivity index (χ0n) is 14.7. The Morgan fingerprint density at radius 2 is 1.67 bits per heavy atom. The maximum atomic E-state index is 13.0. The molecule has 3 aromatic rings. The van der Waals surface area contributed by atoms with E-state index >= 15 is 0 Å². The Morgan fingerprint density at radius 1 is 1.07 bits per heavy atom. The summed E-state index contributed by atoms with van der Waals surface area (Å²) in [5.41, 5.74) is 1.77. The lowest BCUT2D eigenvalue weighted by Crippen LogP contribution is -2.40. The number of para-hydroxylation sites is 1. The molecule has 138 valence electrons. The predicted molar refractivity (Wildman–Crippen MR) is 99.6 cm³/mol. The molecule has 7 heteroatoms. The molecule has 7 nitrogen and oxygen atoms in total. The third-order valence-corrected chi connectivity index (χ3v) is 5.34. The number of benzene rings is 2. The van der Waals surface area contributed by atoms with Crippen LogP contribution in [0.1, 0.15) is 28.8 Å². The topological polar surface area (TPSA) is 90.3 Å². The lowest BCUT2D eigenvalue weighted by atomic mass is 9.77. The monoisotopic (exact) mass is 365 g/mol. The van der Waals surface area contributed by atoms with Crippen molar-refractivity contribution in [3.05, 3.63) is 98.0 Å². The Labute approximate surface area is 155 Å². The first-order chi connectivity index (χ1) is 13.0. The van der Waals surface area contributed by atoms with Gasteiger partial charge < -0.3 is 5.11 Å². The molecule has 1 heterocycles. The number of aliphatic hydroxyl groups is 1. The molecule has 1 aliphatic carbocycles. The Hall–Kier alpha value is -3.19. The molecule has 27 heavy (non-hydrogen) atoms. The van der Waals surface area contributed by atoms with Gasteiger partial charge in [-0.1, -0.05) is 48.5 Å². The largest absolute Gasteiger partial charge is 0.381 e. The summed E-state index contributed by atoms with van der Waals surface area (Å²) in [6.07, 6.45) is -1.15. The second kappa shape index (κ2) is 6.51. The first-order valence-electron chi connectivity index (χ1n) is 8.73. The van der Waals surface area contributed by atoms with Crippen molar-refractivity contribution in [1.82, 2.24) is 9.36 Å². The van der Waals surface area contributed by atoms with Gasteiger partial charge in [-0.3, -0.25) is 19.6 Å². The van der Waals surface area contributed by atoms with Crippen LogP contribution in [0.3, 0.4) is 0 Å². The molecule has 0 radical (unpaired) electrons. The van der Waals surface area contributed by atoms with Crippen LogP contribution in [0, 0.1) is 10.1 Å². The van der Waals surface area contributed by atoms with Crippen molar-refractivity contribution in [3.63, 3.8) is 0 Å². The number of nitro groups is 1. The number of nitrogens with zero attached hydrogens (tertiary/aromatic N) is 3. The lowest BCUT2D eigenvalue weighted by molar-refractivity contribution is -0.541. The Kier molecular flexibility index (Phi) is 4.16. The number of aromatic nitrogens is 2. The highest BCUT2D eigenvalue weighted by Crippen LogP contribution is 2.39. The van der Waals surface area contributed by atoms with Crippen LogP contribution in [0.15, 0.2) is 65.5 Å². The number of fused-ring (bicyclic) bond motifs is 1. The highest BCUT2D eigenvalue weighted by molar-refractivity contribution is 5.38. The zero-order chi connectivity index (χ0) is 19.1. The minimum atomic E-state index is -1.46. The maximum absolute atomic E-state index is 13.0. The molecule has 1 N–H and O–H groups in total. The number of hydrogen-bond acceptors (Lipinski definition) is 4. The second-order valence-corrected chi connectivity index (χ2v) is 6.78. The Balaban J connectivity index is 1.91. The molecule has 3 unspecified atom stereocenters. The van der Waals surface area contributed by atoms with Crippen LogP contribution in [-0.4, -0.2) is 25.4 Å². The zero-order valence-corrected chi connectivity index (χ0v) is 14.7. The Morgan fingerprint density at radius 3 is 2.26 bits per heavy atom. The maximum Gasteiger partial charge on any atom is 0.277 e. The molecule has 0 fully saturated rings. The fourth-order valence-corrected chi connectivity index (χ4v) is 4.07. The van der Waals surface area contributed by atoms with Gasteiger partial charge in [0.05, 0.1) is 17.2 Å². The third-order valence-electron chi connectivity index (χ3n) is 5.34. The summed E-state index contributed by atoms with van der Waals surface area (Å²) in [6, 6.07) is 16.9. The third kappa shape index (κ3) is 2.67. The van der Waals surface area contributed by atoms with E-state index in [1.807, 2.05) is 48.5 Å². The molecule has 0 aliphatic heterocycles. The van der Waals surface area contributed by atoms with E-state index in [-0.39, 0.29) is 5.56 Å². The molecule has 0 saturated carbocycles. The van der Waals surface area contributed by atoms with Gasteiger partial charge in [0.1, 0.15) is 0 Å². The average molecular weight is 365 g/mol. The van der Waals surface area contributed by atoms with Gasteiger partial charge in [0, 0.05) is 24.1 Å². The van der Waals surface area contributed by atoms with Crippen molar-refractivity contribution >= 4 is 0 Å². The van der Waals surface area contributed by atoms with Gasteiger partial charge in [0.15, 0.2) is 6.10 Å². The van der Waals surface area contributed by atoms with Crippen LogP contribution >= 0.6 is 0 Å². The molecule has 3 atom stereocenters. The van der Waals surface area contributed by atoms with E-state index in [0.29, 0.717) is 17.8 Å². The van der Waals surface area contributed by atoms with Gasteiger partial charge >= 0.3 is 0 Å². The van der Waals surface area contributed by atoms with Gasteiger partial charge in [-0.25, -0.2) is 4.68 Å². The summed E-state index contributed by atoms with van der Waals surface area (Å²) in [6.45, 7) is 0. The molecule has 0 bridgehead atoms. The van der Waals surface area contributed by atoms with Gasteiger partial charge in [-0.05, 0) is 17.7 Å². The average Bonchev–Trinajstić information content (AvgIpc) is 2.93. The van der Waals surface area contributed by atoms with Gasteiger partial charge in [-0.2, -0.15) is 0 Å². The predicted octanol–water partition coefficient (Wildman–Crippen LogP) is 2.19. The molecule has 1 aliphatic rings. The highest BCUT2D eigenvalue weighted by atomic mass is 16.6. The van der Waals surface area contributed by atoms with Crippen LogP contribution in [0.25, 0.3) is 5.69 Å². The number of hydrogen-bond donors (Lipinski definition) is 1. The first kappa shape index (κ1) is 17.2. The smallest absolute Gasteiger partial charge is 0.277 e. The highest BCUT2D eigenvalue weighted by Gasteiger charge is 2.48. The van der Waals surface area contributed by atoms with Crippen molar-refractivity contribution in [1.29, 1.82) is 0 Å². The van der Waals surface area contributed by atoms with Crippen LogP contribution in [0.5, 0.6) is 0 Å². The molecular formula is C20H19N3O4. The van der Waals surface area contributed by atoms with E-state index in [4.69, 9.17) is 0 Å². The van der Waals surface area contributed by atoms with Crippen LogP contribution < -0.4 is 5.56 Å². The molecule has 1 aromatic heterocycles. The van der Waals surface area contributed by atoms with Crippen LogP contribution in [-0.2, 0) is 13.5 Å². The summed E-state index contributed by atoms with van der Waals surface area (Å²) in [4.78, 5) is 24.3. The van der Waals surface area contributed by atoms with Crippen molar-refractivity contribution in [3.8, 4) is 5.69 Å². The lowest BCUT2D eigenvalue weighted by Gasteiger charge is -2.29. The van der Waals surface area contributed by atoms with Crippen LogP contribution in [0.4, 0.5) is 0 Å². The fraction of sp³-hybridized carbons (Fsp3) is 0.250. The second-order valence-electron chi connectivity index (χ2n) is 6.78. The molecule has 0 amide bonds. The van der Waals surface area contributed by atoms with Gasteiger partial charge in [0.25, 0.3) is 5.56 Å². The molecule has 2 aromatic carbocycles. The minimum Gasteiger partial charge on any atom is -0.381 e. The van der Waals surface area contributed by atoms with E-state index in [1.165, 1.54) is 4.68 Å². The molecular weight excluding hydrogens is 346 g/mol. The number of rotatable bonds is 3. The quantitative estimate of drug-likeness (QED) is 0.569. The molecule has 0 spiro atoms. The van der Waals surface area contributed by atoms with Crippen molar-refractivity contribution < 1.29 is 10.0 Å².